The maximum atomic E-state index is 12.0. The van der Waals surface area contributed by atoms with E-state index in [0.717, 1.165) is 10.4 Å². The third-order valence-corrected chi connectivity index (χ3v) is 3.02. The first-order chi connectivity index (χ1) is 7.68. The Morgan fingerprint density at radius 1 is 1.12 bits per heavy atom. The molecule has 0 aromatic heterocycles. The van der Waals surface area contributed by atoms with Gasteiger partial charge in [-0.15, -0.1) is 0 Å². The third kappa shape index (κ3) is 1.11. The fourth-order valence-corrected chi connectivity index (χ4v) is 2.07. The van der Waals surface area contributed by atoms with Crippen LogP contribution in [0.4, 0.5) is 0 Å². The summed E-state index contributed by atoms with van der Waals surface area (Å²) in [5.74, 6) is -0.0782. The highest BCUT2D eigenvalue weighted by atomic mass is 35.5. The summed E-state index contributed by atoms with van der Waals surface area (Å²) >= 11 is 5.81. The van der Waals surface area contributed by atoms with Crippen LogP contribution in [-0.4, -0.2) is 10.9 Å². The molecular formula is C13H7ClO2. The smallest absolute Gasteiger partial charge is 0.197 e. The van der Waals surface area contributed by atoms with Gasteiger partial charge in [-0.05, 0) is 18.2 Å². The van der Waals surface area contributed by atoms with Crippen molar-refractivity contribution in [3.8, 4) is 5.75 Å². The maximum Gasteiger partial charge on any atom is 0.197 e. The average Bonchev–Trinajstić information content (AvgIpc) is 2.23. The first kappa shape index (κ1) is 9.43. The topological polar surface area (TPSA) is 37.3 Å². The number of carbonyl (C=O) groups is 1. The molecule has 0 bridgehead atoms. The summed E-state index contributed by atoms with van der Waals surface area (Å²) < 4.78 is 0. The van der Waals surface area contributed by atoms with Gasteiger partial charge in [0.15, 0.2) is 5.78 Å². The fraction of sp³-hybridized carbons (Fsp3) is 0. The van der Waals surface area contributed by atoms with Crippen molar-refractivity contribution in [2.75, 3.05) is 0 Å². The largest absolute Gasteiger partial charge is 0.507 e. The lowest BCUT2D eigenvalue weighted by Gasteiger charge is -2.14. The number of phenolic OH excluding ortho intramolecular Hbond substituents is 1. The average molecular weight is 231 g/mol. The van der Waals surface area contributed by atoms with Gasteiger partial charge in [0.05, 0.1) is 5.56 Å². The monoisotopic (exact) mass is 230 g/mol. The summed E-state index contributed by atoms with van der Waals surface area (Å²) in [6, 6.07) is 10.3. The lowest BCUT2D eigenvalue weighted by atomic mass is 9.91. The van der Waals surface area contributed by atoms with E-state index in [0.29, 0.717) is 16.1 Å². The summed E-state index contributed by atoms with van der Waals surface area (Å²) in [5.41, 5.74) is 0.903. The second-order valence-electron chi connectivity index (χ2n) is 3.72. The summed E-state index contributed by atoms with van der Waals surface area (Å²) in [6.45, 7) is 0. The van der Waals surface area contributed by atoms with Crippen molar-refractivity contribution in [1.29, 1.82) is 0 Å². The van der Waals surface area contributed by atoms with Crippen LogP contribution in [0.1, 0.15) is 15.9 Å². The molecule has 0 fully saturated rings. The number of benzene rings is 2. The number of rotatable bonds is 2. The first-order valence-electron chi connectivity index (χ1n) is 4.85. The van der Waals surface area contributed by atoms with Crippen LogP contribution < -0.4 is 0 Å². The predicted octanol–water partition coefficient (Wildman–Crippen LogP) is 2.88. The van der Waals surface area contributed by atoms with Gasteiger partial charge in [-0.25, -0.2) is 0 Å². The Kier molecular flexibility index (Phi) is 1.82. The molecule has 2 nitrogen and oxygen atoms in total. The Balaban J connectivity index is 2.08. The number of hydrogen-bond donors (Lipinski definition) is 1. The van der Waals surface area contributed by atoms with E-state index in [9.17, 15) is 9.90 Å². The molecule has 1 aromatic carbocycles. The van der Waals surface area contributed by atoms with Crippen molar-refractivity contribution in [2.45, 2.75) is 0 Å². The summed E-state index contributed by atoms with van der Waals surface area (Å²) in [6.07, 6.45) is 0. The Bertz CT molecular complexity index is 704. The van der Waals surface area contributed by atoms with E-state index in [1.807, 2.05) is 6.07 Å². The normalized spacial score (nSPS) is 11.3. The lowest BCUT2D eigenvalue weighted by Crippen LogP contribution is -2.08. The van der Waals surface area contributed by atoms with E-state index in [-0.39, 0.29) is 11.5 Å². The number of hydrogen-bond acceptors (Lipinski definition) is 2. The number of aromatic hydroxyl groups is 1. The van der Waals surface area contributed by atoms with Gasteiger partial charge >= 0.3 is 0 Å². The van der Waals surface area contributed by atoms with Gasteiger partial charge < -0.3 is 5.11 Å². The third-order valence-electron chi connectivity index (χ3n) is 2.78. The molecule has 3 rings (SSSR count). The summed E-state index contributed by atoms with van der Waals surface area (Å²) in [7, 11) is 0. The molecule has 2 aliphatic rings. The van der Waals surface area contributed by atoms with Crippen molar-refractivity contribution < 1.29 is 9.90 Å². The Morgan fingerprint density at radius 3 is 2.44 bits per heavy atom. The molecule has 0 aliphatic heterocycles. The molecule has 0 radical (unpaired) electrons. The molecule has 0 spiro atoms. The molecule has 0 unspecified atom stereocenters. The SMILES string of the molecule is O=C(c1cccc(Cl)c1)c1c(O)c2ccc1=2. The van der Waals surface area contributed by atoms with Crippen molar-refractivity contribution >= 4 is 17.4 Å². The van der Waals surface area contributed by atoms with Crippen LogP contribution in [0.25, 0.3) is 0 Å². The number of halogens is 1. The molecule has 0 saturated heterocycles. The van der Waals surface area contributed by atoms with E-state index in [4.69, 9.17) is 11.6 Å². The van der Waals surface area contributed by atoms with E-state index >= 15 is 0 Å². The lowest BCUT2D eigenvalue weighted by molar-refractivity contribution is 0.103. The molecule has 3 heteroatoms. The second-order valence-corrected chi connectivity index (χ2v) is 4.16. The van der Waals surface area contributed by atoms with Crippen LogP contribution in [0.15, 0.2) is 36.4 Å². The van der Waals surface area contributed by atoms with E-state index in [1.54, 1.807) is 30.3 Å². The van der Waals surface area contributed by atoms with Crippen LogP contribution in [0.2, 0.25) is 5.02 Å². The van der Waals surface area contributed by atoms with E-state index in [1.165, 1.54) is 0 Å². The van der Waals surface area contributed by atoms with Crippen LogP contribution in [-0.2, 0) is 0 Å². The Hall–Kier alpha value is -1.80. The zero-order valence-electron chi connectivity index (χ0n) is 8.20. The highest BCUT2D eigenvalue weighted by Gasteiger charge is 2.22. The minimum atomic E-state index is -0.178. The zero-order chi connectivity index (χ0) is 11.3. The van der Waals surface area contributed by atoms with Gasteiger partial charge in [0.1, 0.15) is 5.75 Å². The quantitative estimate of drug-likeness (QED) is 0.688. The molecule has 16 heavy (non-hydrogen) atoms. The first-order valence-corrected chi connectivity index (χ1v) is 5.23. The minimum Gasteiger partial charge on any atom is -0.507 e. The number of carbonyl (C=O) groups excluding carboxylic acids is 1. The summed E-state index contributed by atoms with van der Waals surface area (Å²) in [4.78, 5) is 12.0. The number of ketones is 1. The molecule has 1 aromatic rings. The minimum absolute atomic E-state index is 0.0995. The van der Waals surface area contributed by atoms with Gasteiger partial charge in [0.25, 0.3) is 0 Å². The standard InChI is InChI=1S/C13H7ClO2/c14-8-3-1-2-7(6-8)12(15)11-9-4-5-10(9)13(11)16/h1-6,16H. The van der Waals surface area contributed by atoms with Crippen LogP contribution in [0, 0.1) is 10.4 Å². The molecule has 78 valence electrons. The van der Waals surface area contributed by atoms with E-state index < -0.39 is 0 Å². The zero-order valence-corrected chi connectivity index (χ0v) is 8.95. The van der Waals surface area contributed by atoms with Gasteiger partial charge in [0.2, 0.25) is 0 Å². The molecule has 2 aliphatic carbocycles. The molecule has 0 saturated carbocycles. The fourth-order valence-electron chi connectivity index (χ4n) is 1.88. The highest BCUT2D eigenvalue weighted by molar-refractivity contribution is 6.31. The van der Waals surface area contributed by atoms with Crippen LogP contribution >= 0.6 is 11.6 Å². The molecule has 0 amide bonds. The van der Waals surface area contributed by atoms with Crippen molar-refractivity contribution in [2.24, 2.45) is 0 Å². The Labute approximate surface area is 96.4 Å². The highest BCUT2D eigenvalue weighted by Crippen LogP contribution is 2.32. The second kappa shape index (κ2) is 3.09. The van der Waals surface area contributed by atoms with Crippen molar-refractivity contribution in [3.63, 3.8) is 0 Å². The van der Waals surface area contributed by atoms with Gasteiger partial charge in [-0.2, -0.15) is 0 Å². The molecule has 1 N–H and O–H groups in total. The summed E-state index contributed by atoms with van der Waals surface area (Å²) in [5, 5.41) is 11.8. The Morgan fingerprint density at radius 2 is 1.88 bits per heavy atom. The van der Waals surface area contributed by atoms with Crippen molar-refractivity contribution in [3.05, 3.63) is 63.0 Å². The van der Waals surface area contributed by atoms with Crippen LogP contribution in [0.5, 0.6) is 5.75 Å². The molecule has 0 atom stereocenters. The predicted molar refractivity (Wildman–Crippen MR) is 60.7 cm³/mol. The van der Waals surface area contributed by atoms with Crippen LogP contribution in [0.3, 0.4) is 0 Å². The van der Waals surface area contributed by atoms with Crippen molar-refractivity contribution in [1.82, 2.24) is 0 Å². The molecule has 0 heterocycles. The van der Waals surface area contributed by atoms with Gasteiger partial charge in [0, 0.05) is 21.0 Å². The maximum absolute atomic E-state index is 12.0. The molecular weight excluding hydrogens is 224 g/mol. The van der Waals surface area contributed by atoms with Gasteiger partial charge in [-0.1, -0.05) is 29.8 Å². The number of phenols is 1. The van der Waals surface area contributed by atoms with E-state index in [2.05, 4.69) is 0 Å². The van der Waals surface area contributed by atoms with Gasteiger partial charge in [-0.3, -0.25) is 4.79 Å².